The van der Waals surface area contributed by atoms with Gasteiger partial charge in [-0.25, -0.2) is 0 Å². The minimum Gasteiger partial charge on any atom is -0.303 e. The second-order valence-electron chi connectivity index (χ2n) is 10.8. The Morgan fingerprint density at radius 3 is 1.66 bits per heavy atom. The summed E-state index contributed by atoms with van der Waals surface area (Å²) >= 11 is 0. The van der Waals surface area contributed by atoms with E-state index in [2.05, 4.69) is 45.9 Å². The third-order valence-corrected chi connectivity index (χ3v) is 8.26. The van der Waals surface area contributed by atoms with Crippen LogP contribution in [-0.2, 0) is 4.79 Å². The third-order valence-electron chi connectivity index (χ3n) is 8.26. The molecule has 0 radical (unpaired) electrons. The number of rotatable bonds is 4. The Kier molecular flexibility index (Phi) is 8.39. The molecule has 0 atom stereocenters. The summed E-state index contributed by atoms with van der Waals surface area (Å²) in [5.41, 5.74) is 4.49. The zero-order valence-electron chi connectivity index (χ0n) is 19.5. The Labute approximate surface area is 180 Å². The molecule has 0 aromatic heterocycles. The number of hydrogen-bond acceptors (Lipinski definition) is 1. The van der Waals surface area contributed by atoms with Crippen molar-refractivity contribution in [2.45, 2.75) is 104 Å². The average Bonchev–Trinajstić information content (AvgIpc) is 2.67. The van der Waals surface area contributed by atoms with Gasteiger partial charge in [0.2, 0.25) is 0 Å². The first-order valence-electron chi connectivity index (χ1n) is 12.5. The van der Waals surface area contributed by atoms with Crippen LogP contribution in [0.4, 0.5) is 0 Å². The van der Waals surface area contributed by atoms with E-state index in [4.69, 9.17) is 0 Å². The maximum atomic E-state index is 9.79. The monoisotopic (exact) mass is 396 g/mol. The van der Waals surface area contributed by atoms with Crippen molar-refractivity contribution < 1.29 is 4.79 Å². The summed E-state index contributed by atoms with van der Waals surface area (Å²) in [6.07, 6.45) is 16.5. The van der Waals surface area contributed by atoms with Gasteiger partial charge in [-0.05, 0) is 113 Å². The van der Waals surface area contributed by atoms with Crippen molar-refractivity contribution in [1.82, 2.24) is 0 Å². The smallest absolute Gasteiger partial charge is 0.123 e. The lowest BCUT2D eigenvalue weighted by Gasteiger charge is -2.39. The first-order chi connectivity index (χ1) is 14.0. The maximum absolute atomic E-state index is 9.79. The molecule has 0 N–H and O–H groups in total. The van der Waals surface area contributed by atoms with Gasteiger partial charge in [0.25, 0.3) is 0 Å². The molecule has 3 aliphatic carbocycles. The Bertz CT molecular complexity index is 605. The van der Waals surface area contributed by atoms with E-state index >= 15 is 0 Å². The normalized spacial score (nSPS) is 30.2. The Morgan fingerprint density at radius 1 is 0.759 bits per heavy atom. The van der Waals surface area contributed by atoms with Crippen LogP contribution in [0.1, 0.15) is 107 Å². The molecule has 0 heterocycles. The molecule has 3 fully saturated rings. The molecule has 3 saturated carbocycles. The summed E-state index contributed by atoms with van der Waals surface area (Å²) < 4.78 is 0. The van der Waals surface area contributed by atoms with Gasteiger partial charge in [0.05, 0.1) is 0 Å². The summed E-state index contributed by atoms with van der Waals surface area (Å²) in [5, 5.41) is 0. The van der Waals surface area contributed by atoms with E-state index in [9.17, 15) is 4.79 Å². The highest BCUT2D eigenvalue weighted by atomic mass is 16.1. The quantitative estimate of drug-likeness (QED) is 0.471. The van der Waals surface area contributed by atoms with E-state index in [0.717, 1.165) is 48.7 Å². The fraction of sp³-hybridized carbons (Fsp3) is 0.750. The fourth-order valence-corrected chi connectivity index (χ4v) is 6.03. The summed E-state index contributed by atoms with van der Waals surface area (Å²) in [5.74, 6) is 5.26. The van der Waals surface area contributed by atoms with Crippen LogP contribution in [-0.4, -0.2) is 6.29 Å². The van der Waals surface area contributed by atoms with Crippen LogP contribution in [0.25, 0.3) is 0 Å². The van der Waals surface area contributed by atoms with Gasteiger partial charge < -0.3 is 4.79 Å². The number of hydrogen-bond donors (Lipinski definition) is 0. The minimum atomic E-state index is 0.435. The number of aldehydes is 1. The molecule has 0 amide bonds. The lowest BCUT2D eigenvalue weighted by Crippen LogP contribution is -2.26. The van der Waals surface area contributed by atoms with E-state index in [-0.39, 0.29) is 0 Å². The van der Waals surface area contributed by atoms with E-state index in [1.54, 1.807) is 5.56 Å². The molecule has 0 saturated heterocycles. The SMILES string of the molecule is Cc1cc(C)cc(C2CCC(C3CCC(C(C)C)CC3)CC2)c1.O=CC1CCC1. The van der Waals surface area contributed by atoms with Gasteiger partial charge >= 0.3 is 0 Å². The van der Waals surface area contributed by atoms with Crippen LogP contribution in [0.2, 0.25) is 0 Å². The lowest BCUT2D eigenvalue weighted by molar-refractivity contribution is -0.113. The summed E-state index contributed by atoms with van der Waals surface area (Å²) in [4.78, 5) is 9.79. The van der Waals surface area contributed by atoms with Crippen LogP contribution >= 0.6 is 0 Å². The van der Waals surface area contributed by atoms with Crippen LogP contribution in [0.5, 0.6) is 0 Å². The lowest BCUT2D eigenvalue weighted by atomic mass is 9.67. The highest BCUT2D eigenvalue weighted by Gasteiger charge is 2.31. The van der Waals surface area contributed by atoms with Gasteiger partial charge in [-0.1, -0.05) is 49.6 Å². The Morgan fingerprint density at radius 2 is 1.28 bits per heavy atom. The highest BCUT2D eigenvalue weighted by Crippen LogP contribution is 2.45. The van der Waals surface area contributed by atoms with Crippen molar-refractivity contribution in [3.05, 3.63) is 34.9 Å². The second kappa shape index (κ2) is 10.8. The van der Waals surface area contributed by atoms with Gasteiger partial charge in [-0.15, -0.1) is 0 Å². The molecule has 3 aliphatic rings. The molecule has 1 heteroatoms. The standard InChI is InChI=1S/C23H36.C5H8O/c1-16(2)19-5-7-20(8-6-19)21-9-11-22(12-10-21)23-14-17(3)13-18(4)15-23;6-4-5-2-1-3-5/h13-16,19-22H,5-12H2,1-4H3;4-5H,1-3H2. The maximum Gasteiger partial charge on any atom is 0.123 e. The van der Waals surface area contributed by atoms with Gasteiger partial charge in [-0.2, -0.15) is 0 Å². The zero-order chi connectivity index (χ0) is 20.8. The van der Waals surface area contributed by atoms with Crippen molar-refractivity contribution in [3.63, 3.8) is 0 Å². The average molecular weight is 397 g/mol. The van der Waals surface area contributed by atoms with Gasteiger partial charge in [-0.3, -0.25) is 0 Å². The van der Waals surface area contributed by atoms with Gasteiger partial charge in [0, 0.05) is 5.92 Å². The van der Waals surface area contributed by atoms with Crippen LogP contribution < -0.4 is 0 Å². The largest absolute Gasteiger partial charge is 0.303 e. The van der Waals surface area contributed by atoms with E-state index in [1.165, 1.54) is 68.9 Å². The summed E-state index contributed by atoms with van der Waals surface area (Å²) in [6, 6.07) is 7.18. The van der Waals surface area contributed by atoms with E-state index in [1.807, 2.05) is 0 Å². The predicted molar refractivity (Wildman–Crippen MR) is 124 cm³/mol. The molecule has 0 spiro atoms. The first-order valence-corrected chi connectivity index (χ1v) is 12.5. The summed E-state index contributed by atoms with van der Waals surface area (Å²) in [7, 11) is 0. The minimum absolute atomic E-state index is 0.435. The first kappa shape index (κ1) is 22.6. The fourth-order valence-electron chi connectivity index (χ4n) is 6.03. The van der Waals surface area contributed by atoms with Crippen molar-refractivity contribution in [2.24, 2.45) is 29.6 Å². The highest BCUT2D eigenvalue weighted by molar-refractivity contribution is 5.54. The second-order valence-corrected chi connectivity index (χ2v) is 10.8. The number of carbonyl (C=O) groups is 1. The third kappa shape index (κ3) is 6.43. The van der Waals surface area contributed by atoms with Gasteiger partial charge in [0.1, 0.15) is 6.29 Å². The van der Waals surface area contributed by atoms with Crippen LogP contribution in [0.3, 0.4) is 0 Å². The predicted octanol–water partition coefficient (Wildman–Crippen LogP) is 8.03. The van der Waals surface area contributed by atoms with Crippen molar-refractivity contribution >= 4 is 6.29 Å². The van der Waals surface area contributed by atoms with Crippen molar-refractivity contribution in [1.29, 1.82) is 0 Å². The molecule has 1 aromatic carbocycles. The molecule has 4 rings (SSSR count). The number of carbonyl (C=O) groups excluding carboxylic acids is 1. The van der Waals surface area contributed by atoms with E-state index < -0.39 is 0 Å². The number of benzene rings is 1. The van der Waals surface area contributed by atoms with Crippen LogP contribution in [0.15, 0.2) is 18.2 Å². The van der Waals surface area contributed by atoms with Crippen molar-refractivity contribution in [2.75, 3.05) is 0 Å². The van der Waals surface area contributed by atoms with Crippen molar-refractivity contribution in [3.8, 4) is 0 Å². The number of aryl methyl sites for hydroxylation is 2. The Hall–Kier alpha value is -1.11. The molecule has 0 unspecified atom stereocenters. The molecule has 0 bridgehead atoms. The van der Waals surface area contributed by atoms with E-state index in [0.29, 0.717) is 5.92 Å². The summed E-state index contributed by atoms with van der Waals surface area (Å²) in [6.45, 7) is 9.32. The van der Waals surface area contributed by atoms with Crippen LogP contribution in [0, 0.1) is 43.4 Å². The van der Waals surface area contributed by atoms with Gasteiger partial charge in [0.15, 0.2) is 0 Å². The molecule has 1 aromatic rings. The zero-order valence-corrected chi connectivity index (χ0v) is 19.5. The Balaban J connectivity index is 0.000000343. The molecular formula is C28H44O. The molecular weight excluding hydrogens is 352 g/mol. The topological polar surface area (TPSA) is 17.1 Å². The molecule has 29 heavy (non-hydrogen) atoms. The molecule has 162 valence electrons. The molecule has 1 nitrogen and oxygen atoms in total. The molecule has 0 aliphatic heterocycles.